The van der Waals surface area contributed by atoms with Crippen molar-refractivity contribution in [2.75, 3.05) is 18.1 Å². The maximum Gasteiger partial charge on any atom is 0.261 e. The smallest absolute Gasteiger partial charge is 0.261 e. The number of aryl methyl sites for hydroxylation is 2. The summed E-state index contributed by atoms with van der Waals surface area (Å²) in [6.45, 7) is 10.5. The van der Waals surface area contributed by atoms with E-state index in [1.807, 2.05) is 13.8 Å². The first-order valence-electron chi connectivity index (χ1n) is 8.75. The zero-order valence-electron chi connectivity index (χ0n) is 15.8. The molecule has 1 fully saturated rings. The predicted octanol–water partition coefficient (Wildman–Crippen LogP) is 2.77. The maximum atomic E-state index is 12.6. The van der Waals surface area contributed by atoms with E-state index < -0.39 is 9.84 Å². The SMILES string of the molecule is Cc1nc(C(C)(C)C)nc2sc(C(=O)NCC3CCS(=O)(=O)C3)c(C)c12. The summed E-state index contributed by atoms with van der Waals surface area (Å²) in [7, 11) is -2.93. The van der Waals surface area contributed by atoms with Gasteiger partial charge >= 0.3 is 0 Å². The Labute approximate surface area is 158 Å². The highest BCUT2D eigenvalue weighted by Crippen LogP contribution is 2.33. The van der Waals surface area contributed by atoms with Gasteiger partial charge < -0.3 is 5.32 Å². The van der Waals surface area contributed by atoms with Crippen molar-refractivity contribution in [3.05, 3.63) is 22.0 Å². The lowest BCUT2D eigenvalue weighted by atomic mass is 9.95. The fraction of sp³-hybridized carbons (Fsp3) is 0.611. The first kappa shape index (κ1) is 19.2. The third kappa shape index (κ3) is 3.76. The highest BCUT2D eigenvalue weighted by atomic mass is 32.2. The Balaban J connectivity index is 1.85. The molecule has 0 spiro atoms. The quantitative estimate of drug-likeness (QED) is 0.863. The molecule has 1 saturated heterocycles. The van der Waals surface area contributed by atoms with Crippen molar-refractivity contribution >= 4 is 37.3 Å². The van der Waals surface area contributed by atoms with Crippen molar-refractivity contribution in [1.82, 2.24) is 15.3 Å². The van der Waals surface area contributed by atoms with Gasteiger partial charge in [-0.2, -0.15) is 0 Å². The molecule has 26 heavy (non-hydrogen) atoms. The normalized spacial score (nSPS) is 19.8. The Morgan fingerprint density at radius 1 is 1.27 bits per heavy atom. The Morgan fingerprint density at radius 3 is 2.54 bits per heavy atom. The van der Waals surface area contributed by atoms with Gasteiger partial charge in [0.1, 0.15) is 10.7 Å². The number of fused-ring (bicyclic) bond motifs is 1. The van der Waals surface area contributed by atoms with Crippen molar-refractivity contribution < 1.29 is 13.2 Å². The Morgan fingerprint density at radius 2 is 1.96 bits per heavy atom. The third-order valence-corrected chi connectivity index (χ3v) is 7.75. The van der Waals surface area contributed by atoms with Gasteiger partial charge in [0.2, 0.25) is 0 Å². The Kier molecular flexibility index (Phi) is 4.85. The van der Waals surface area contributed by atoms with E-state index in [2.05, 4.69) is 36.1 Å². The number of rotatable bonds is 3. The molecule has 2 aromatic heterocycles. The molecule has 0 radical (unpaired) electrons. The van der Waals surface area contributed by atoms with Crippen LogP contribution >= 0.6 is 11.3 Å². The zero-order chi connectivity index (χ0) is 19.3. The van der Waals surface area contributed by atoms with Crippen LogP contribution in [-0.4, -0.2) is 42.3 Å². The molecule has 3 heterocycles. The lowest BCUT2D eigenvalue weighted by Crippen LogP contribution is -2.29. The summed E-state index contributed by atoms with van der Waals surface area (Å²) >= 11 is 1.38. The summed E-state index contributed by atoms with van der Waals surface area (Å²) < 4.78 is 23.1. The number of sulfone groups is 1. The van der Waals surface area contributed by atoms with E-state index in [1.54, 1.807) is 0 Å². The number of nitrogens with zero attached hydrogens (tertiary/aromatic N) is 2. The molecule has 0 aliphatic carbocycles. The predicted molar refractivity (Wildman–Crippen MR) is 105 cm³/mol. The molecular formula is C18H25N3O3S2. The van der Waals surface area contributed by atoms with Crippen molar-refractivity contribution in [3.63, 3.8) is 0 Å². The van der Waals surface area contributed by atoms with Crippen LogP contribution in [0, 0.1) is 19.8 Å². The molecule has 8 heteroatoms. The fourth-order valence-corrected chi connectivity index (χ4v) is 6.25. The highest BCUT2D eigenvalue weighted by molar-refractivity contribution is 7.91. The number of nitrogens with one attached hydrogen (secondary N) is 1. The van der Waals surface area contributed by atoms with Gasteiger partial charge in [-0.3, -0.25) is 4.79 Å². The van der Waals surface area contributed by atoms with Crippen LogP contribution in [0.5, 0.6) is 0 Å². The number of aromatic nitrogens is 2. The van der Waals surface area contributed by atoms with E-state index in [4.69, 9.17) is 0 Å². The number of carbonyl (C=O) groups is 1. The summed E-state index contributed by atoms with van der Waals surface area (Å²) in [6.07, 6.45) is 0.619. The second-order valence-corrected chi connectivity index (χ2v) is 11.3. The van der Waals surface area contributed by atoms with Crippen molar-refractivity contribution in [2.24, 2.45) is 5.92 Å². The molecule has 0 saturated carbocycles. The highest BCUT2D eigenvalue weighted by Gasteiger charge is 2.29. The van der Waals surface area contributed by atoms with Crippen LogP contribution in [0.2, 0.25) is 0 Å². The van der Waals surface area contributed by atoms with Crippen molar-refractivity contribution in [1.29, 1.82) is 0 Å². The molecule has 1 amide bonds. The molecule has 2 aromatic rings. The Hall–Kier alpha value is -1.54. The monoisotopic (exact) mass is 395 g/mol. The summed E-state index contributed by atoms with van der Waals surface area (Å²) in [5.41, 5.74) is 1.61. The van der Waals surface area contributed by atoms with E-state index in [-0.39, 0.29) is 28.7 Å². The zero-order valence-corrected chi connectivity index (χ0v) is 17.5. The standard InChI is InChI=1S/C18H25N3O3S2/c1-10-13-11(2)20-17(18(3,4)5)21-16(13)25-14(10)15(22)19-8-12-6-7-26(23,24)9-12/h12H,6-9H2,1-5H3,(H,19,22). The van der Waals surface area contributed by atoms with Crippen LogP contribution in [0.1, 0.15) is 53.9 Å². The van der Waals surface area contributed by atoms with Gasteiger partial charge in [0.05, 0.1) is 22.1 Å². The van der Waals surface area contributed by atoms with Crippen LogP contribution in [0.25, 0.3) is 10.2 Å². The van der Waals surface area contributed by atoms with Gasteiger partial charge in [-0.05, 0) is 31.7 Å². The summed E-state index contributed by atoms with van der Waals surface area (Å²) in [5.74, 6) is 1.00. The number of carbonyl (C=O) groups excluding carboxylic acids is 1. The van der Waals surface area contributed by atoms with E-state index in [0.717, 1.165) is 27.3 Å². The number of amides is 1. The van der Waals surface area contributed by atoms with Gasteiger partial charge in [0, 0.05) is 17.3 Å². The van der Waals surface area contributed by atoms with E-state index in [9.17, 15) is 13.2 Å². The lowest BCUT2D eigenvalue weighted by Gasteiger charge is -2.16. The molecular weight excluding hydrogens is 370 g/mol. The first-order chi connectivity index (χ1) is 12.0. The second-order valence-electron chi connectivity index (χ2n) is 8.10. The van der Waals surface area contributed by atoms with Crippen molar-refractivity contribution in [2.45, 2.75) is 46.5 Å². The van der Waals surface area contributed by atoms with Crippen LogP contribution in [0.3, 0.4) is 0 Å². The first-order valence-corrected chi connectivity index (χ1v) is 11.4. The van der Waals surface area contributed by atoms with E-state index >= 15 is 0 Å². The van der Waals surface area contributed by atoms with Gasteiger partial charge in [-0.25, -0.2) is 18.4 Å². The molecule has 1 N–H and O–H groups in total. The molecule has 1 aliphatic heterocycles. The minimum Gasteiger partial charge on any atom is -0.351 e. The average molecular weight is 396 g/mol. The van der Waals surface area contributed by atoms with Gasteiger partial charge in [0.15, 0.2) is 9.84 Å². The van der Waals surface area contributed by atoms with Gasteiger partial charge in [-0.15, -0.1) is 11.3 Å². The summed E-state index contributed by atoms with van der Waals surface area (Å²) in [4.78, 5) is 23.4. The maximum absolute atomic E-state index is 12.6. The molecule has 142 valence electrons. The average Bonchev–Trinajstić information content (AvgIpc) is 3.04. The number of thiophene rings is 1. The molecule has 1 unspecified atom stereocenters. The van der Waals surface area contributed by atoms with Crippen LogP contribution in [0.4, 0.5) is 0 Å². The summed E-state index contributed by atoms with van der Waals surface area (Å²) in [5, 5.41) is 3.84. The molecule has 1 aliphatic rings. The van der Waals surface area contributed by atoms with Crippen LogP contribution < -0.4 is 5.32 Å². The van der Waals surface area contributed by atoms with Gasteiger partial charge in [0.25, 0.3) is 5.91 Å². The van der Waals surface area contributed by atoms with Gasteiger partial charge in [-0.1, -0.05) is 20.8 Å². The number of hydrogen-bond donors (Lipinski definition) is 1. The fourth-order valence-electron chi connectivity index (χ4n) is 3.24. The molecule has 0 aromatic carbocycles. The minimum atomic E-state index is -2.93. The topological polar surface area (TPSA) is 89.0 Å². The second kappa shape index (κ2) is 6.56. The van der Waals surface area contributed by atoms with E-state index in [1.165, 1.54) is 11.3 Å². The molecule has 3 rings (SSSR count). The van der Waals surface area contributed by atoms with Crippen LogP contribution in [-0.2, 0) is 15.3 Å². The third-order valence-electron chi connectivity index (χ3n) is 4.73. The molecule has 6 nitrogen and oxygen atoms in total. The lowest BCUT2D eigenvalue weighted by molar-refractivity contribution is 0.0952. The molecule has 1 atom stereocenters. The summed E-state index contributed by atoms with van der Waals surface area (Å²) in [6, 6.07) is 0. The van der Waals surface area contributed by atoms with Crippen molar-refractivity contribution in [3.8, 4) is 0 Å². The minimum absolute atomic E-state index is 0.00709. The molecule has 0 bridgehead atoms. The van der Waals surface area contributed by atoms with E-state index in [0.29, 0.717) is 17.8 Å². The van der Waals surface area contributed by atoms with Crippen LogP contribution in [0.15, 0.2) is 0 Å². The number of hydrogen-bond acceptors (Lipinski definition) is 6. The largest absolute Gasteiger partial charge is 0.351 e. The Bertz CT molecular complexity index is 972.